The van der Waals surface area contributed by atoms with Crippen LogP contribution in [0.1, 0.15) is 34.0 Å². The van der Waals surface area contributed by atoms with E-state index in [2.05, 4.69) is 11.0 Å². The first-order chi connectivity index (χ1) is 16.0. The molecule has 2 aromatic carbocycles. The van der Waals surface area contributed by atoms with Crippen LogP contribution < -0.4 is 0 Å². The summed E-state index contributed by atoms with van der Waals surface area (Å²) in [6.07, 6.45) is -0.120. The number of methoxy groups -OCH3 is 1. The van der Waals surface area contributed by atoms with E-state index >= 15 is 0 Å². The molecule has 2 aliphatic rings. The number of halogens is 2. The zero-order valence-electron chi connectivity index (χ0n) is 18.3. The van der Waals surface area contributed by atoms with Crippen LogP contribution in [0.3, 0.4) is 0 Å². The van der Waals surface area contributed by atoms with E-state index in [-0.39, 0.29) is 6.42 Å². The van der Waals surface area contributed by atoms with Crippen LogP contribution >= 0.6 is 0 Å². The molecule has 1 aromatic heterocycles. The van der Waals surface area contributed by atoms with Gasteiger partial charge in [0.1, 0.15) is 17.7 Å². The molecule has 0 bridgehead atoms. The number of fused-ring (bicyclic) bond motifs is 2. The molecule has 1 aliphatic heterocycles. The Morgan fingerprint density at radius 1 is 1.24 bits per heavy atom. The average Bonchev–Trinajstić information content (AvgIpc) is 3.34. The summed E-state index contributed by atoms with van der Waals surface area (Å²) in [6.45, 7) is 2.80. The SMILES string of the molecule is COCCN1CCc2c(c(-c3cccc(C#N)c3)nn2[C@@H]2c3cc(F)cc(F)c3C[C@H]2O)C1. The van der Waals surface area contributed by atoms with Gasteiger partial charge in [-0.15, -0.1) is 0 Å². The molecule has 0 unspecified atom stereocenters. The maximum Gasteiger partial charge on any atom is 0.129 e. The standard InChI is InChI=1S/C25H24F2N4O2/c1-33-8-7-30-6-5-22-20(14-30)24(16-4-2-3-15(9-16)13-28)29-31(22)25-19-10-17(26)11-21(27)18(19)12-23(25)32/h2-4,9-11,23,25,32H,5-8,12,14H2,1H3/t23-,25-/m1/s1. The minimum absolute atomic E-state index is 0.111. The first-order valence-electron chi connectivity index (χ1n) is 11.0. The molecular weight excluding hydrogens is 426 g/mol. The van der Waals surface area contributed by atoms with Gasteiger partial charge in [-0.3, -0.25) is 9.58 Å². The third-order valence-corrected chi connectivity index (χ3v) is 6.60. The number of rotatable bonds is 5. The predicted molar refractivity (Wildman–Crippen MR) is 117 cm³/mol. The molecule has 2 atom stereocenters. The van der Waals surface area contributed by atoms with E-state index in [1.807, 2.05) is 12.1 Å². The van der Waals surface area contributed by atoms with Crippen molar-refractivity contribution in [1.82, 2.24) is 14.7 Å². The van der Waals surface area contributed by atoms with Crippen LogP contribution in [-0.4, -0.2) is 52.7 Å². The van der Waals surface area contributed by atoms with Gasteiger partial charge in [-0.1, -0.05) is 12.1 Å². The maximum absolute atomic E-state index is 14.4. The van der Waals surface area contributed by atoms with Crippen molar-refractivity contribution < 1.29 is 18.6 Å². The molecular formula is C25H24F2N4O2. The molecule has 8 heteroatoms. The molecule has 2 heterocycles. The Kier molecular flexibility index (Phi) is 5.71. The van der Waals surface area contributed by atoms with Crippen molar-refractivity contribution in [3.8, 4) is 17.3 Å². The molecule has 0 fully saturated rings. The Morgan fingerprint density at radius 3 is 2.88 bits per heavy atom. The molecule has 0 amide bonds. The van der Waals surface area contributed by atoms with Crippen molar-refractivity contribution in [2.45, 2.75) is 31.5 Å². The zero-order valence-corrected chi connectivity index (χ0v) is 18.3. The first kappa shape index (κ1) is 21.7. The number of aromatic nitrogens is 2. The molecule has 3 aromatic rings. The Bertz CT molecular complexity index is 1250. The number of benzene rings is 2. The van der Waals surface area contributed by atoms with Gasteiger partial charge in [0.15, 0.2) is 0 Å². The fourth-order valence-electron chi connectivity index (χ4n) is 5.04. The molecule has 33 heavy (non-hydrogen) atoms. The molecule has 5 rings (SSSR count). The fraction of sp³-hybridized carbons (Fsp3) is 0.360. The summed E-state index contributed by atoms with van der Waals surface area (Å²) >= 11 is 0. The van der Waals surface area contributed by atoms with Crippen molar-refractivity contribution >= 4 is 0 Å². The Hall–Kier alpha value is -3.12. The molecule has 170 valence electrons. The Balaban J connectivity index is 1.65. The number of aliphatic hydroxyl groups is 1. The number of aliphatic hydroxyl groups excluding tert-OH is 1. The van der Waals surface area contributed by atoms with E-state index in [0.717, 1.165) is 41.7 Å². The van der Waals surface area contributed by atoms with Crippen LogP contribution in [0, 0.1) is 23.0 Å². The topological polar surface area (TPSA) is 74.3 Å². The lowest BCUT2D eigenvalue weighted by atomic mass is 9.99. The Labute approximate surface area is 190 Å². The summed E-state index contributed by atoms with van der Waals surface area (Å²) in [5.41, 5.74) is 4.77. The van der Waals surface area contributed by atoms with Crippen LogP contribution in [0.4, 0.5) is 8.78 Å². The van der Waals surface area contributed by atoms with Crippen LogP contribution in [0.5, 0.6) is 0 Å². The highest BCUT2D eigenvalue weighted by molar-refractivity contribution is 5.66. The third-order valence-electron chi connectivity index (χ3n) is 6.60. The summed E-state index contributed by atoms with van der Waals surface area (Å²) in [4.78, 5) is 2.27. The van der Waals surface area contributed by atoms with E-state index in [0.29, 0.717) is 36.3 Å². The van der Waals surface area contributed by atoms with E-state index in [1.54, 1.807) is 23.9 Å². The van der Waals surface area contributed by atoms with Crippen molar-refractivity contribution in [2.24, 2.45) is 0 Å². The summed E-state index contributed by atoms with van der Waals surface area (Å²) < 4.78 is 35.5. The van der Waals surface area contributed by atoms with Gasteiger partial charge in [-0.25, -0.2) is 8.78 Å². The summed E-state index contributed by atoms with van der Waals surface area (Å²) in [7, 11) is 1.67. The van der Waals surface area contributed by atoms with Gasteiger partial charge in [-0.2, -0.15) is 10.4 Å². The van der Waals surface area contributed by atoms with Gasteiger partial charge < -0.3 is 9.84 Å². The number of nitriles is 1. The van der Waals surface area contributed by atoms with Crippen molar-refractivity contribution in [1.29, 1.82) is 5.26 Å². The quantitative estimate of drug-likeness (QED) is 0.646. The average molecular weight is 450 g/mol. The minimum atomic E-state index is -0.912. The maximum atomic E-state index is 14.4. The zero-order chi connectivity index (χ0) is 23.1. The van der Waals surface area contributed by atoms with Crippen molar-refractivity contribution in [2.75, 3.05) is 26.8 Å². The number of ether oxygens (including phenoxy) is 1. The van der Waals surface area contributed by atoms with E-state index in [1.165, 1.54) is 6.07 Å². The summed E-state index contributed by atoms with van der Waals surface area (Å²) in [5.74, 6) is -1.31. The second-order valence-electron chi connectivity index (χ2n) is 8.60. The lowest BCUT2D eigenvalue weighted by Gasteiger charge is -2.29. The molecule has 6 nitrogen and oxygen atoms in total. The van der Waals surface area contributed by atoms with Crippen molar-refractivity contribution in [3.63, 3.8) is 0 Å². The highest BCUT2D eigenvalue weighted by Crippen LogP contribution is 2.40. The smallest absolute Gasteiger partial charge is 0.129 e. The highest BCUT2D eigenvalue weighted by Gasteiger charge is 2.39. The molecule has 0 saturated carbocycles. The summed E-state index contributed by atoms with van der Waals surface area (Å²) in [5, 5.41) is 25.1. The predicted octanol–water partition coefficient (Wildman–Crippen LogP) is 3.21. The second kappa shape index (κ2) is 8.67. The molecule has 1 aliphatic carbocycles. The number of nitrogens with zero attached hydrogens (tertiary/aromatic N) is 4. The van der Waals surface area contributed by atoms with Gasteiger partial charge >= 0.3 is 0 Å². The van der Waals surface area contributed by atoms with Gasteiger partial charge in [0.05, 0.1) is 30.0 Å². The Morgan fingerprint density at radius 2 is 2.09 bits per heavy atom. The van der Waals surface area contributed by atoms with Gasteiger partial charge in [0, 0.05) is 62.5 Å². The summed E-state index contributed by atoms with van der Waals surface area (Å²) in [6, 6.07) is 10.9. The lowest BCUT2D eigenvalue weighted by molar-refractivity contribution is 0.130. The van der Waals surface area contributed by atoms with Crippen LogP contribution in [0.15, 0.2) is 36.4 Å². The van der Waals surface area contributed by atoms with E-state index in [9.17, 15) is 19.1 Å². The monoisotopic (exact) mass is 450 g/mol. The fourth-order valence-corrected chi connectivity index (χ4v) is 5.04. The van der Waals surface area contributed by atoms with Crippen LogP contribution in [0.25, 0.3) is 11.3 Å². The van der Waals surface area contributed by atoms with E-state index in [4.69, 9.17) is 9.84 Å². The van der Waals surface area contributed by atoms with Crippen molar-refractivity contribution in [3.05, 3.63) is 76.0 Å². The highest BCUT2D eigenvalue weighted by atomic mass is 19.1. The normalized spacial score (nSPS) is 19.8. The largest absolute Gasteiger partial charge is 0.390 e. The van der Waals surface area contributed by atoms with Gasteiger partial charge in [0.2, 0.25) is 0 Å². The van der Waals surface area contributed by atoms with E-state index < -0.39 is 23.8 Å². The molecule has 0 spiro atoms. The molecule has 0 radical (unpaired) electrons. The first-order valence-corrected chi connectivity index (χ1v) is 11.0. The van der Waals surface area contributed by atoms with Crippen LogP contribution in [-0.2, 0) is 24.1 Å². The van der Waals surface area contributed by atoms with Crippen LogP contribution in [0.2, 0.25) is 0 Å². The number of hydrogen-bond donors (Lipinski definition) is 1. The molecule has 1 N–H and O–H groups in total. The third kappa shape index (κ3) is 3.82. The minimum Gasteiger partial charge on any atom is -0.390 e. The van der Waals surface area contributed by atoms with Gasteiger partial charge in [-0.05, 0) is 29.3 Å². The second-order valence-corrected chi connectivity index (χ2v) is 8.60. The molecule has 0 saturated heterocycles. The number of hydrogen-bond acceptors (Lipinski definition) is 5. The lowest BCUT2D eigenvalue weighted by Crippen LogP contribution is -2.34. The van der Waals surface area contributed by atoms with Gasteiger partial charge in [0.25, 0.3) is 0 Å².